The zero-order valence-electron chi connectivity index (χ0n) is 24.9. The number of amides is 2. The number of ketones is 1. The summed E-state index contributed by atoms with van der Waals surface area (Å²) < 4.78 is 14.3. The highest BCUT2D eigenvalue weighted by Gasteiger charge is 2.43. The van der Waals surface area contributed by atoms with Crippen molar-refractivity contribution in [3.63, 3.8) is 0 Å². The first kappa shape index (κ1) is 28.5. The molecule has 218 valence electrons. The normalized spacial score (nSPS) is 16.4. The first-order valence-corrected chi connectivity index (χ1v) is 14.2. The Morgan fingerprint density at radius 1 is 1.10 bits per heavy atom. The number of aromatic nitrogens is 2. The molecule has 3 N–H and O–H groups in total. The molecule has 9 heteroatoms. The standard InChI is InChI=1S/C32H41N5O4/c1-4-8-29(38)32(24-9-6-5-7-10-24)15-17-37(18-16-32)31(40)28(19-23-11-13-26(41-3)14-12-23)35-30(39)27(33)20-25-21-34-22-36(25)2/h5-7,9-14,21-22,27-28H,4,8,15-20,33H2,1-3H3,(H,35,39)/t27-,28-/m0/s1/i3D. The third-order valence-electron chi connectivity index (χ3n) is 8.09. The van der Waals surface area contributed by atoms with Crippen LogP contribution in [0.3, 0.4) is 0 Å². The molecule has 1 aliphatic rings. The smallest absolute Gasteiger partial charge is 0.245 e. The number of carbonyl (C=O) groups excluding carboxylic acids is 3. The quantitative estimate of drug-likeness (QED) is 0.352. The van der Waals surface area contributed by atoms with Crippen molar-refractivity contribution in [2.24, 2.45) is 12.8 Å². The number of nitrogens with one attached hydrogen (secondary N) is 1. The number of carbonyl (C=O) groups is 3. The van der Waals surface area contributed by atoms with Gasteiger partial charge < -0.3 is 25.3 Å². The van der Waals surface area contributed by atoms with Crippen LogP contribution in [0.5, 0.6) is 5.75 Å². The minimum Gasteiger partial charge on any atom is -0.497 e. The van der Waals surface area contributed by atoms with Crippen molar-refractivity contribution in [2.75, 3.05) is 20.2 Å². The van der Waals surface area contributed by atoms with Crippen LogP contribution in [0.2, 0.25) is 0 Å². The lowest BCUT2D eigenvalue weighted by Gasteiger charge is -2.42. The van der Waals surface area contributed by atoms with Gasteiger partial charge in [0.25, 0.3) is 0 Å². The summed E-state index contributed by atoms with van der Waals surface area (Å²) in [5, 5.41) is 2.92. The molecule has 3 aromatic rings. The molecule has 2 atom stereocenters. The van der Waals surface area contributed by atoms with Crippen LogP contribution in [-0.4, -0.2) is 64.3 Å². The van der Waals surface area contributed by atoms with Crippen LogP contribution in [0.25, 0.3) is 0 Å². The molecule has 2 heterocycles. The molecule has 4 rings (SSSR count). The van der Waals surface area contributed by atoms with E-state index in [1.54, 1.807) is 29.6 Å². The fraction of sp³-hybridized carbons (Fsp3) is 0.438. The fourth-order valence-electron chi connectivity index (χ4n) is 5.62. The molecule has 1 aromatic heterocycles. The van der Waals surface area contributed by atoms with E-state index in [1.165, 1.54) is 0 Å². The lowest BCUT2D eigenvalue weighted by molar-refractivity contribution is -0.139. The zero-order valence-corrected chi connectivity index (χ0v) is 23.9. The first-order chi connectivity index (χ1) is 20.3. The van der Waals surface area contributed by atoms with Gasteiger partial charge in [0.15, 0.2) is 0 Å². The molecule has 0 aliphatic carbocycles. The molecule has 0 saturated carbocycles. The molecule has 0 bridgehead atoms. The predicted molar refractivity (Wildman–Crippen MR) is 157 cm³/mol. The third kappa shape index (κ3) is 7.03. The number of imidazole rings is 1. The van der Waals surface area contributed by atoms with E-state index < -0.39 is 23.4 Å². The summed E-state index contributed by atoms with van der Waals surface area (Å²) in [6.45, 7) is 2.83. The molecule has 1 saturated heterocycles. The van der Waals surface area contributed by atoms with Gasteiger partial charge >= 0.3 is 0 Å². The number of Topliss-reactive ketones (excluding diaryl/α,β-unsaturated/α-hetero) is 1. The van der Waals surface area contributed by atoms with Crippen LogP contribution in [0.1, 0.15) is 50.8 Å². The van der Waals surface area contributed by atoms with Gasteiger partial charge in [0.2, 0.25) is 11.8 Å². The summed E-state index contributed by atoms with van der Waals surface area (Å²) >= 11 is 0. The van der Waals surface area contributed by atoms with Crippen molar-refractivity contribution < 1.29 is 20.5 Å². The minimum atomic E-state index is -0.859. The van der Waals surface area contributed by atoms with Crippen LogP contribution < -0.4 is 15.8 Å². The molecule has 0 radical (unpaired) electrons. The van der Waals surface area contributed by atoms with Crippen LogP contribution in [0.4, 0.5) is 0 Å². The highest BCUT2D eigenvalue weighted by atomic mass is 16.5. The molecule has 1 aliphatic heterocycles. The van der Waals surface area contributed by atoms with E-state index in [9.17, 15) is 14.4 Å². The number of likely N-dealkylation sites (tertiary alicyclic amines) is 1. The maximum Gasteiger partial charge on any atom is 0.245 e. The van der Waals surface area contributed by atoms with E-state index in [0.717, 1.165) is 23.2 Å². The van der Waals surface area contributed by atoms with Gasteiger partial charge in [0, 0.05) is 51.3 Å². The summed E-state index contributed by atoms with van der Waals surface area (Å²) in [6, 6.07) is 15.3. The number of benzene rings is 2. The van der Waals surface area contributed by atoms with Gasteiger partial charge in [0.1, 0.15) is 17.6 Å². The summed E-state index contributed by atoms with van der Waals surface area (Å²) in [6.07, 6.45) is 6.19. The largest absolute Gasteiger partial charge is 0.497 e. The molecule has 2 aromatic carbocycles. The van der Waals surface area contributed by atoms with Gasteiger partial charge in [-0.1, -0.05) is 49.4 Å². The fourth-order valence-corrected chi connectivity index (χ4v) is 5.62. The van der Waals surface area contributed by atoms with E-state index in [0.29, 0.717) is 38.1 Å². The first-order valence-electron chi connectivity index (χ1n) is 14.9. The number of piperidine rings is 1. The van der Waals surface area contributed by atoms with Gasteiger partial charge in [0.05, 0.1) is 26.2 Å². The van der Waals surface area contributed by atoms with E-state index in [1.807, 2.05) is 61.0 Å². The van der Waals surface area contributed by atoms with Crippen LogP contribution in [0.15, 0.2) is 67.1 Å². The summed E-state index contributed by atoms with van der Waals surface area (Å²) in [5.74, 6) is 0.151. The summed E-state index contributed by atoms with van der Waals surface area (Å²) in [4.78, 5) is 46.5. The Morgan fingerprint density at radius 3 is 2.41 bits per heavy atom. The van der Waals surface area contributed by atoms with Crippen LogP contribution >= 0.6 is 0 Å². The minimum absolute atomic E-state index is 0.189. The lowest BCUT2D eigenvalue weighted by Crippen LogP contribution is -2.57. The van der Waals surface area contributed by atoms with E-state index in [-0.39, 0.29) is 31.6 Å². The number of hydrogen-bond donors (Lipinski definition) is 2. The Balaban J connectivity index is 1.52. The molecular formula is C32H41N5O4. The van der Waals surface area contributed by atoms with Gasteiger partial charge in [-0.05, 0) is 42.5 Å². The Morgan fingerprint density at radius 2 is 1.80 bits per heavy atom. The second-order valence-electron chi connectivity index (χ2n) is 10.8. The average molecular weight is 561 g/mol. The summed E-state index contributed by atoms with van der Waals surface area (Å²) in [5.41, 5.74) is 8.29. The second kappa shape index (κ2) is 13.6. The van der Waals surface area contributed by atoms with Crippen LogP contribution in [-0.2, 0) is 39.7 Å². The predicted octanol–water partition coefficient (Wildman–Crippen LogP) is 2.96. The Labute approximate surface area is 243 Å². The number of aryl methyl sites for hydroxylation is 1. The SMILES string of the molecule is [2H]COc1ccc(C[C@H](NC(=O)[C@@H](N)Cc2cncn2C)C(=O)N2CCC(C(=O)CCC)(c3ccccc3)CC2)cc1. The van der Waals surface area contributed by atoms with Gasteiger partial charge in [-0.25, -0.2) is 4.98 Å². The van der Waals surface area contributed by atoms with Crippen molar-refractivity contribution >= 4 is 17.6 Å². The van der Waals surface area contributed by atoms with Crippen molar-refractivity contribution in [1.82, 2.24) is 19.8 Å². The number of rotatable bonds is 12. The lowest BCUT2D eigenvalue weighted by atomic mass is 9.68. The molecule has 2 amide bonds. The molecule has 0 unspecified atom stereocenters. The molecule has 1 fully saturated rings. The molecule has 9 nitrogen and oxygen atoms in total. The van der Waals surface area contributed by atoms with E-state index in [2.05, 4.69) is 10.3 Å². The number of hydrogen-bond acceptors (Lipinski definition) is 6. The number of ether oxygens (including phenoxy) is 1. The van der Waals surface area contributed by atoms with E-state index >= 15 is 0 Å². The van der Waals surface area contributed by atoms with Crippen molar-refractivity contribution in [1.29, 1.82) is 0 Å². The highest BCUT2D eigenvalue weighted by Crippen LogP contribution is 2.38. The van der Waals surface area contributed by atoms with Crippen molar-refractivity contribution in [3.8, 4) is 5.75 Å². The number of nitrogens with two attached hydrogens (primary N) is 1. The van der Waals surface area contributed by atoms with Gasteiger partial charge in [-0.2, -0.15) is 0 Å². The molecular weight excluding hydrogens is 518 g/mol. The molecule has 41 heavy (non-hydrogen) atoms. The topological polar surface area (TPSA) is 120 Å². The highest BCUT2D eigenvalue weighted by molar-refractivity contribution is 5.92. The van der Waals surface area contributed by atoms with E-state index in [4.69, 9.17) is 11.8 Å². The molecule has 0 spiro atoms. The Hall–Kier alpha value is -3.98. The Bertz CT molecular complexity index is 1340. The van der Waals surface area contributed by atoms with Gasteiger partial charge in [-0.3, -0.25) is 14.4 Å². The van der Waals surface area contributed by atoms with Crippen molar-refractivity contribution in [2.45, 2.75) is 62.9 Å². The summed E-state index contributed by atoms with van der Waals surface area (Å²) in [7, 11) is 1.65. The Kier molecular flexibility index (Phi) is 9.46. The zero-order chi connectivity index (χ0) is 30.1. The van der Waals surface area contributed by atoms with Crippen molar-refractivity contribution in [3.05, 3.63) is 83.9 Å². The second-order valence-corrected chi connectivity index (χ2v) is 10.8. The number of methoxy groups -OCH3 is 1. The average Bonchev–Trinajstić information content (AvgIpc) is 3.41. The van der Waals surface area contributed by atoms with Crippen LogP contribution in [0, 0.1) is 0 Å². The monoisotopic (exact) mass is 560 g/mol. The number of nitrogens with zero attached hydrogens (tertiary/aromatic N) is 3. The maximum absolute atomic E-state index is 14.0. The third-order valence-corrected chi connectivity index (χ3v) is 8.09. The maximum atomic E-state index is 14.0. The van der Waals surface area contributed by atoms with Gasteiger partial charge in [-0.15, -0.1) is 0 Å².